The van der Waals surface area contributed by atoms with E-state index in [4.69, 9.17) is 0 Å². The highest BCUT2D eigenvalue weighted by atomic mass is 16.1. The molecule has 0 aliphatic carbocycles. The minimum absolute atomic E-state index is 0.0718. The maximum atomic E-state index is 11.2. The van der Waals surface area contributed by atoms with Crippen LogP contribution in [0.5, 0.6) is 0 Å². The molecule has 0 spiro atoms. The van der Waals surface area contributed by atoms with Crippen molar-refractivity contribution in [1.29, 1.82) is 0 Å². The predicted octanol–water partition coefficient (Wildman–Crippen LogP) is 0.830. The molecule has 1 aromatic heterocycles. The van der Waals surface area contributed by atoms with E-state index in [1.807, 2.05) is 6.92 Å². The first-order chi connectivity index (χ1) is 6.61. The fraction of sp³-hybridized carbons (Fsp3) is 0.600. The van der Waals surface area contributed by atoms with Crippen molar-refractivity contribution in [2.45, 2.75) is 39.8 Å². The van der Waals surface area contributed by atoms with Crippen LogP contribution in [0.15, 0.2) is 10.9 Å². The Labute approximate surface area is 83.8 Å². The number of nitrogens with one attached hydrogen (secondary N) is 2. The van der Waals surface area contributed by atoms with Gasteiger partial charge in [-0.2, -0.15) is 0 Å². The molecule has 4 heteroatoms. The van der Waals surface area contributed by atoms with Gasteiger partial charge in [-0.05, 0) is 0 Å². The number of nitrogens with zero attached hydrogens (tertiary/aromatic N) is 1. The van der Waals surface area contributed by atoms with Gasteiger partial charge < -0.3 is 10.3 Å². The van der Waals surface area contributed by atoms with Crippen LogP contribution in [0.1, 0.15) is 32.3 Å². The Morgan fingerprint density at radius 3 is 2.86 bits per heavy atom. The summed E-state index contributed by atoms with van der Waals surface area (Å²) in [7, 11) is 0. The van der Waals surface area contributed by atoms with Crippen molar-refractivity contribution in [2.75, 3.05) is 0 Å². The molecule has 78 valence electrons. The molecule has 0 saturated heterocycles. The summed E-state index contributed by atoms with van der Waals surface area (Å²) in [5, 5.41) is 3.23. The second-order valence-electron chi connectivity index (χ2n) is 3.57. The van der Waals surface area contributed by atoms with Crippen molar-refractivity contribution in [2.24, 2.45) is 0 Å². The van der Waals surface area contributed by atoms with Crippen molar-refractivity contribution < 1.29 is 0 Å². The van der Waals surface area contributed by atoms with Gasteiger partial charge >= 0.3 is 0 Å². The first kappa shape index (κ1) is 10.9. The quantitative estimate of drug-likeness (QED) is 0.748. The summed E-state index contributed by atoms with van der Waals surface area (Å²) in [5.41, 5.74) is 0.733. The lowest BCUT2D eigenvalue weighted by Gasteiger charge is -2.07. The number of rotatable bonds is 4. The maximum Gasteiger partial charge on any atom is 0.251 e. The second-order valence-corrected chi connectivity index (χ2v) is 3.57. The highest BCUT2D eigenvalue weighted by Gasteiger charge is 2.00. The summed E-state index contributed by atoms with van der Waals surface area (Å²) in [6.07, 6.45) is 0.755. The molecule has 0 amide bonds. The van der Waals surface area contributed by atoms with Gasteiger partial charge in [0, 0.05) is 25.1 Å². The molecule has 0 aromatic carbocycles. The van der Waals surface area contributed by atoms with E-state index in [0.717, 1.165) is 17.9 Å². The monoisotopic (exact) mass is 195 g/mol. The van der Waals surface area contributed by atoms with Gasteiger partial charge in [-0.15, -0.1) is 0 Å². The summed E-state index contributed by atoms with van der Waals surface area (Å²) < 4.78 is 0. The minimum atomic E-state index is -0.0718. The standard InChI is InChI=1S/C10H17N3O/c1-4-9-12-8(5-10(14)13-9)6-11-7(2)3/h5,7,11H,4,6H2,1-3H3,(H,12,13,14). The Morgan fingerprint density at radius 1 is 1.57 bits per heavy atom. The molecule has 0 fully saturated rings. The van der Waals surface area contributed by atoms with Crippen molar-refractivity contribution in [3.63, 3.8) is 0 Å². The molecular weight excluding hydrogens is 178 g/mol. The maximum absolute atomic E-state index is 11.2. The Kier molecular flexibility index (Phi) is 3.83. The molecule has 0 radical (unpaired) electrons. The topological polar surface area (TPSA) is 57.8 Å². The predicted molar refractivity (Wildman–Crippen MR) is 56.2 cm³/mol. The van der Waals surface area contributed by atoms with E-state index in [0.29, 0.717) is 12.6 Å². The first-order valence-corrected chi connectivity index (χ1v) is 4.94. The average molecular weight is 195 g/mol. The summed E-state index contributed by atoms with van der Waals surface area (Å²) in [6.45, 7) is 6.74. The minimum Gasteiger partial charge on any atom is -0.311 e. The zero-order valence-electron chi connectivity index (χ0n) is 8.92. The molecule has 1 rings (SSSR count). The van der Waals surface area contributed by atoms with Crippen LogP contribution >= 0.6 is 0 Å². The molecule has 14 heavy (non-hydrogen) atoms. The molecule has 0 bridgehead atoms. The van der Waals surface area contributed by atoms with E-state index in [-0.39, 0.29) is 5.56 Å². The fourth-order valence-electron chi connectivity index (χ4n) is 1.13. The largest absolute Gasteiger partial charge is 0.311 e. The summed E-state index contributed by atoms with van der Waals surface area (Å²) in [5.74, 6) is 0.748. The van der Waals surface area contributed by atoms with E-state index in [2.05, 4.69) is 29.1 Å². The third kappa shape index (κ3) is 3.30. The van der Waals surface area contributed by atoms with Crippen LogP contribution in [0.4, 0.5) is 0 Å². The van der Waals surface area contributed by atoms with Gasteiger partial charge in [0.2, 0.25) is 0 Å². The molecule has 2 N–H and O–H groups in total. The van der Waals surface area contributed by atoms with Crippen LogP contribution in [0.3, 0.4) is 0 Å². The lowest BCUT2D eigenvalue weighted by Crippen LogP contribution is -2.24. The lowest BCUT2D eigenvalue weighted by molar-refractivity contribution is 0.578. The summed E-state index contributed by atoms with van der Waals surface area (Å²) in [6, 6.07) is 1.94. The normalized spacial score (nSPS) is 10.9. The van der Waals surface area contributed by atoms with E-state index in [1.165, 1.54) is 6.07 Å². The van der Waals surface area contributed by atoms with E-state index >= 15 is 0 Å². The van der Waals surface area contributed by atoms with Gasteiger partial charge in [0.05, 0.1) is 5.69 Å². The Hall–Kier alpha value is -1.16. The van der Waals surface area contributed by atoms with Crippen LogP contribution in [0.2, 0.25) is 0 Å². The average Bonchev–Trinajstić information content (AvgIpc) is 2.14. The van der Waals surface area contributed by atoms with E-state index in [9.17, 15) is 4.79 Å². The number of aryl methyl sites for hydroxylation is 1. The molecule has 4 nitrogen and oxygen atoms in total. The van der Waals surface area contributed by atoms with Crippen LogP contribution in [0.25, 0.3) is 0 Å². The van der Waals surface area contributed by atoms with Gasteiger partial charge in [0.25, 0.3) is 5.56 Å². The Bertz CT molecular complexity index is 343. The van der Waals surface area contributed by atoms with Gasteiger partial charge in [-0.25, -0.2) is 4.98 Å². The van der Waals surface area contributed by atoms with E-state index < -0.39 is 0 Å². The van der Waals surface area contributed by atoms with Crippen LogP contribution in [-0.2, 0) is 13.0 Å². The molecule has 0 saturated carbocycles. The van der Waals surface area contributed by atoms with E-state index in [1.54, 1.807) is 0 Å². The number of hydrogen-bond donors (Lipinski definition) is 2. The van der Waals surface area contributed by atoms with Gasteiger partial charge in [0.1, 0.15) is 5.82 Å². The molecule has 0 unspecified atom stereocenters. The second kappa shape index (κ2) is 4.91. The third-order valence-corrected chi connectivity index (χ3v) is 1.87. The summed E-state index contributed by atoms with van der Waals surface area (Å²) in [4.78, 5) is 18.2. The van der Waals surface area contributed by atoms with Crippen molar-refractivity contribution >= 4 is 0 Å². The van der Waals surface area contributed by atoms with Gasteiger partial charge in [-0.1, -0.05) is 20.8 Å². The van der Waals surface area contributed by atoms with Gasteiger partial charge in [0.15, 0.2) is 0 Å². The molecule has 1 heterocycles. The first-order valence-electron chi connectivity index (χ1n) is 4.94. The third-order valence-electron chi connectivity index (χ3n) is 1.87. The van der Waals surface area contributed by atoms with Crippen molar-refractivity contribution in [3.05, 3.63) is 27.9 Å². The van der Waals surface area contributed by atoms with Gasteiger partial charge in [-0.3, -0.25) is 4.79 Å². The lowest BCUT2D eigenvalue weighted by atomic mass is 10.3. The van der Waals surface area contributed by atoms with Crippen LogP contribution in [-0.4, -0.2) is 16.0 Å². The zero-order valence-corrected chi connectivity index (χ0v) is 8.92. The van der Waals surface area contributed by atoms with Crippen LogP contribution in [0, 0.1) is 0 Å². The molecule has 1 aromatic rings. The number of hydrogen-bond acceptors (Lipinski definition) is 3. The highest BCUT2D eigenvalue weighted by molar-refractivity contribution is 5.02. The zero-order chi connectivity index (χ0) is 10.6. The SMILES string of the molecule is CCc1nc(CNC(C)C)cc(=O)[nH]1. The fourth-order valence-corrected chi connectivity index (χ4v) is 1.13. The van der Waals surface area contributed by atoms with Crippen molar-refractivity contribution in [3.8, 4) is 0 Å². The van der Waals surface area contributed by atoms with Crippen molar-refractivity contribution in [1.82, 2.24) is 15.3 Å². The molecular formula is C10H17N3O. The summed E-state index contributed by atoms with van der Waals surface area (Å²) >= 11 is 0. The molecule has 0 atom stereocenters. The Morgan fingerprint density at radius 2 is 2.29 bits per heavy atom. The molecule has 0 aliphatic rings. The number of aromatic nitrogens is 2. The number of H-pyrrole nitrogens is 1. The number of aromatic amines is 1. The Balaban J connectivity index is 2.76. The molecule has 0 aliphatic heterocycles. The van der Waals surface area contributed by atoms with Crippen LogP contribution < -0.4 is 10.9 Å². The highest BCUT2D eigenvalue weighted by Crippen LogP contribution is 1.93. The smallest absolute Gasteiger partial charge is 0.251 e.